The van der Waals surface area contributed by atoms with E-state index in [1.165, 1.54) is 128 Å². The molecule has 308 valence electrons. The molecule has 6 nitrogen and oxygen atoms in total. The third kappa shape index (κ3) is 28.3. The van der Waals surface area contributed by atoms with Gasteiger partial charge >= 0.3 is 11.9 Å². The lowest BCUT2D eigenvalue weighted by Crippen LogP contribution is -2.28. The molecule has 1 saturated carbocycles. The highest BCUT2D eigenvalue weighted by atomic mass is 16.5. The van der Waals surface area contributed by atoms with E-state index in [4.69, 9.17) is 9.47 Å². The molecule has 0 aromatic carbocycles. The zero-order valence-corrected chi connectivity index (χ0v) is 35.6. The van der Waals surface area contributed by atoms with Crippen molar-refractivity contribution in [3.8, 4) is 0 Å². The Morgan fingerprint density at radius 3 is 1.81 bits per heavy atom. The van der Waals surface area contributed by atoms with Gasteiger partial charge in [-0.25, -0.2) is 0 Å². The van der Waals surface area contributed by atoms with Crippen molar-refractivity contribution in [1.82, 2.24) is 4.90 Å². The summed E-state index contributed by atoms with van der Waals surface area (Å²) in [5.41, 5.74) is 0.416. The molecule has 0 unspecified atom stereocenters. The summed E-state index contributed by atoms with van der Waals surface area (Å²) in [6, 6.07) is 0. The summed E-state index contributed by atoms with van der Waals surface area (Å²) in [4.78, 5) is 27.4. The number of rotatable bonds is 39. The van der Waals surface area contributed by atoms with Crippen LogP contribution in [0.2, 0.25) is 0 Å². The molecule has 0 aromatic heterocycles. The molecular weight excluding hydrogens is 647 g/mol. The summed E-state index contributed by atoms with van der Waals surface area (Å²) >= 11 is 0. The summed E-state index contributed by atoms with van der Waals surface area (Å²) in [5.74, 6) is 0.841. The fourth-order valence-corrected chi connectivity index (χ4v) is 7.76. The average molecular weight is 736 g/mol. The number of nitrogens with zero attached hydrogens (tertiary/aromatic N) is 1. The highest BCUT2D eigenvalue weighted by Gasteiger charge is 2.41. The fraction of sp³-hybridized carbons (Fsp3) is 0.957. The normalized spacial score (nSPS) is 14.0. The summed E-state index contributed by atoms with van der Waals surface area (Å²) in [6.07, 6.45) is 34.9. The standard InChI is InChI=1S/C46H89NO5/c1-6-9-12-13-14-15-17-29-43(49)52-41-45(4,5)31-19-16-21-36-47(38-23-24-39-48)37-22-20-32-46(34-35-46)33-30-44(50)51-40-25-18-28-42(26-10-7-2)27-11-8-3/h42,48H,6-41H2,1-5H3. The Hall–Kier alpha value is -1.14. The van der Waals surface area contributed by atoms with Crippen molar-refractivity contribution in [2.45, 2.75) is 227 Å². The topological polar surface area (TPSA) is 76.1 Å². The maximum absolute atomic E-state index is 12.5. The lowest BCUT2D eigenvalue weighted by Gasteiger charge is -2.25. The van der Waals surface area contributed by atoms with Crippen LogP contribution in [0.3, 0.4) is 0 Å². The van der Waals surface area contributed by atoms with E-state index in [1.54, 1.807) is 0 Å². The Bertz CT molecular complexity index is 833. The van der Waals surface area contributed by atoms with E-state index in [-0.39, 0.29) is 24.0 Å². The van der Waals surface area contributed by atoms with E-state index in [1.807, 2.05) is 0 Å². The van der Waals surface area contributed by atoms with Crippen LogP contribution in [0.1, 0.15) is 227 Å². The minimum Gasteiger partial charge on any atom is -0.466 e. The van der Waals surface area contributed by atoms with Crippen LogP contribution in [-0.4, -0.2) is 61.4 Å². The van der Waals surface area contributed by atoms with Gasteiger partial charge in [-0.2, -0.15) is 0 Å². The number of esters is 2. The van der Waals surface area contributed by atoms with Crippen LogP contribution in [0.15, 0.2) is 0 Å². The maximum atomic E-state index is 12.5. The molecule has 0 radical (unpaired) electrons. The van der Waals surface area contributed by atoms with Crippen LogP contribution in [0.4, 0.5) is 0 Å². The van der Waals surface area contributed by atoms with E-state index < -0.39 is 0 Å². The molecule has 52 heavy (non-hydrogen) atoms. The Balaban J connectivity index is 2.21. The SMILES string of the molecule is CCCCCCCCCC(=O)OCC(C)(C)CCCCCN(CCCCO)CCCCC1(CCC(=O)OCCCCC(CCCC)CCCC)CC1. The van der Waals surface area contributed by atoms with Crippen LogP contribution in [0, 0.1) is 16.7 Å². The molecule has 0 heterocycles. The van der Waals surface area contributed by atoms with Gasteiger partial charge in [-0.3, -0.25) is 9.59 Å². The number of aliphatic hydroxyl groups excluding tert-OH is 1. The highest BCUT2D eigenvalue weighted by Crippen LogP contribution is 2.53. The Kier molecular flexibility index (Phi) is 30.2. The molecule has 1 fully saturated rings. The quantitative estimate of drug-likeness (QED) is 0.0500. The van der Waals surface area contributed by atoms with E-state index in [0.717, 1.165) is 76.9 Å². The van der Waals surface area contributed by atoms with Crippen molar-refractivity contribution < 1.29 is 24.2 Å². The molecule has 1 aliphatic rings. The largest absolute Gasteiger partial charge is 0.466 e. The summed E-state index contributed by atoms with van der Waals surface area (Å²) in [6.45, 7) is 16.0. The van der Waals surface area contributed by atoms with E-state index in [2.05, 4.69) is 39.5 Å². The molecule has 0 aromatic rings. The smallest absolute Gasteiger partial charge is 0.305 e. The van der Waals surface area contributed by atoms with Crippen LogP contribution >= 0.6 is 0 Å². The number of hydrogen-bond acceptors (Lipinski definition) is 6. The average Bonchev–Trinajstić information content (AvgIpc) is 3.91. The third-order valence-electron chi connectivity index (χ3n) is 11.8. The molecule has 0 atom stereocenters. The minimum absolute atomic E-state index is 0.0121. The second-order valence-corrected chi connectivity index (χ2v) is 17.6. The van der Waals surface area contributed by atoms with Crippen molar-refractivity contribution in [3.63, 3.8) is 0 Å². The van der Waals surface area contributed by atoms with E-state index in [9.17, 15) is 14.7 Å². The zero-order chi connectivity index (χ0) is 38.2. The molecule has 0 bridgehead atoms. The summed E-state index contributed by atoms with van der Waals surface area (Å²) < 4.78 is 11.3. The second kappa shape index (κ2) is 32.1. The number of carbonyl (C=O) groups is 2. The molecule has 1 rings (SSSR count). The van der Waals surface area contributed by atoms with Gasteiger partial charge in [0.25, 0.3) is 0 Å². The predicted molar refractivity (Wildman–Crippen MR) is 221 cm³/mol. The van der Waals surface area contributed by atoms with Crippen LogP contribution in [-0.2, 0) is 19.1 Å². The fourth-order valence-electron chi connectivity index (χ4n) is 7.76. The van der Waals surface area contributed by atoms with Gasteiger partial charge in [0.05, 0.1) is 13.2 Å². The van der Waals surface area contributed by atoms with Gasteiger partial charge in [0.2, 0.25) is 0 Å². The van der Waals surface area contributed by atoms with Crippen molar-refractivity contribution >= 4 is 11.9 Å². The molecule has 0 aliphatic heterocycles. The van der Waals surface area contributed by atoms with Crippen molar-refractivity contribution in [1.29, 1.82) is 0 Å². The monoisotopic (exact) mass is 736 g/mol. The van der Waals surface area contributed by atoms with Gasteiger partial charge in [-0.05, 0) is 113 Å². The first kappa shape index (κ1) is 48.9. The molecule has 0 saturated heterocycles. The lowest BCUT2D eigenvalue weighted by molar-refractivity contribution is -0.147. The van der Waals surface area contributed by atoms with Crippen LogP contribution in [0.25, 0.3) is 0 Å². The summed E-state index contributed by atoms with van der Waals surface area (Å²) in [5, 5.41) is 9.33. The second-order valence-electron chi connectivity index (χ2n) is 17.6. The molecule has 0 spiro atoms. The van der Waals surface area contributed by atoms with E-state index in [0.29, 0.717) is 31.5 Å². The van der Waals surface area contributed by atoms with Gasteiger partial charge in [-0.1, -0.05) is 137 Å². The van der Waals surface area contributed by atoms with Crippen LogP contribution < -0.4 is 0 Å². The number of carbonyl (C=O) groups excluding carboxylic acids is 2. The Labute approximate surface area is 323 Å². The molecule has 0 amide bonds. The van der Waals surface area contributed by atoms with Crippen molar-refractivity contribution in [2.24, 2.45) is 16.7 Å². The minimum atomic E-state index is -0.0278. The van der Waals surface area contributed by atoms with Crippen molar-refractivity contribution in [2.75, 3.05) is 39.5 Å². The Morgan fingerprint density at radius 2 is 1.17 bits per heavy atom. The Morgan fingerprint density at radius 1 is 0.615 bits per heavy atom. The number of hydrogen-bond donors (Lipinski definition) is 1. The van der Waals surface area contributed by atoms with Gasteiger partial charge in [0.15, 0.2) is 0 Å². The zero-order valence-electron chi connectivity index (χ0n) is 35.6. The number of unbranched alkanes of at least 4 members (excludes halogenated alkanes) is 13. The van der Waals surface area contributed by atoms with Crippen LogP contribution in [0.5, 0.6) is 0 Å². The van der Waals surface area contributed by atoms with Gasteiger partial charge in [-0.15, -0.1) is 0 Å². The predicted octanol–water partition coefficient (Wildman–Crippen LogP) is 12.8. The van der Waals surface area contributed by atoms with Crippen molar-refractivity contribution in [3.05, 3.63) is 0 Å². The maximum Gasteiger partial charge on any atom is 0.305 e. The highest BCUT2D eigenvalue weighted by molar-refractivity contribution is 5.69. The van der Waals surface area contributed by atoms with Gasteiger partial charge < -0.3 is 19.5 Å². The van der Waals surface area contributed by atoms with Gasteiger partial charge in [0.1, 0.15) is 0 Å². The molecule has 1 aliphatic carbocycles. The molecule has 1 N–H and O–H groups in total. The number of aliphatic hydroxyl groups is 1. The first-order chi connectivity index (χ1) is 25.2. The molecular formula is C46H89NO5. The lowest BCUT2D eigenvalue weighted by atomic mass is 9.88. The van der Waals surface area contributed by atoms with Gasteiger partial charge in [0, 0.05) is 19.4 Å². The first-order valence-corrected chi connectivity index (χ1v) is 22.8. The van der Waals surface area contributed by atoms with E-state index >= 15 is 0 Å². The molecule has 6 heteroatoms. The third-order valence-corrected chi connectivity index (χ3v) is 11.8. The first-order valence-electron chi connectivity index (χ1n) is 22.8. The summed E-state index contributed by atoms with van der Waals surface area (Å²) in [7, 11) is 0. The number of ether oxygens (including phenoxy) is 2.